The Morgan fingerprint density at radius 1 is 1.13 bits per heavy atom. The maximum atomic E-state index is 6.67. The molecule has 0 bridgehead atoms. The Bertz CT molecular complexity index is 233. The maximum Gasteiger partial charge on any atom is 0.0188 e. The van der Waals surface area contributed by atoms with Crippen molar-refractivity contribution in [3.05, 3.63) is 0 Å². The van der Waals surface area contributed by atoms with Crippen molar-refractivity contribution in [2.45, 2.75) is 71.3 Å². The first kappa shape index (κ1) is 11.4. The molecule has 1 nitrogen and oxygen atoms in total. The van der Waals surface area contributed by atoms with Gasteiger partial charge in [-0.2, -0.15) is 0 Å². The van der Waals surface area contributed by atoms with Crippen molar-refractivity contribution >= 4 is 0 Å². The molecule has 2 N–H and O–H groups in total. The third-order valence-electron chi connectivity index (χ3n) is 4.82. The summed E-state index contributed by atoms with van der Waals surface area (Å²) in [6, 6.07) is 0. The smallest absolute Gasteiger partial charge is 0.0188 e. The van der Waals surface area contributed by atoms with Crippen LogP contribution < -0.4 is 5.73 Å². The van der Waals surface area contributed by atoms with Crippen LogP contribution in [0.1, 0.15) is 65.7 Å². The molecule has 0 aliphatic heterocycles. The minimum Gasteiger partial charge on any atom is -0.325 e. The first-order chi connectivity index (χ1) is 6.91. The van der Waals surface area contributed by atoms with Crippen molar-refractivity contribution in [2.24, 2.45) is 23.0 Å². The first-order valence-electron chi connectivity index (χ1n) is 6.70. The number of nitrogens with two attached hydrogens (primary N) is 1. The Kier molecular flexibility index (Phi) is 2.87. The fraction of sp³-hybridized carbons (Fsp3) is 1.00. The van der Waals surface area contributed by atoms with Crippen molar-refractivity contribution in [3.8, 4) is 0 Å². The van der Waals surface area contributed by atoms with Crippen LogP contribution in [0.5, 0.6) is 0 Å². The summed E-state index contributed by atoms with van der Waals surface area (Å²) in [4.78, 5) is 0. The lowest BCUT2D eigenvalue weighted by Gasteiger charge is -2.40. The fourth-order valence-electron chi connectivity index (χ4n) is 3.94. The Morgan fingerprint density at radius 3 is 2.40 bits per heavy atom. The standard InChI is InChI=1S/C14H27N/c1-11-5-4-6-12(9-11)14(15)8-7-13(2,3)10-14/h11-12H,4-10,15H2,1-3H3. The number of hydrogen-bond donors (Lipinski definition) is 1. The summed E-state index contributed by atoms with van der Waals surface area (Å²) in [5.74, 6) is 1.72. The van der Waals surface area contributed by atoms with E-state index in [1.165, 1.54) is 44.9 Å². The van der Waals surface area contributed by atoms with Gasteiger partial charge in [0.25, 0.3) is 0 Å². The maximum absolute atomic E-state index is 6.67. The van der Waals surface area contributed by atoms with E-state index in [4.69, 9.17) is 5.73 Å². The van der Waals surface area contributed by atoms with Gasteiger partial charge in [0.15, 0.2) is 0 Å². The largest absolute Gasteiger partial charge is 0.325 e. The zero-order chi connectivity index (χ0) is 11.1. The van der Waals surface area contributed by atoms with Crippen molar-refractivity contribution in [1.29, 1.82) is 0 Å². The lowest BCUT2D eigenvalue weighted by Crippen LogP contribution is -2.47. The second kappa shape index (κ2) is 3.76. The summed E-state index contributed by atoms with van der Waals surface area (Å²) in [5, 5.41) is 0. The van der Waals surface area contributed by atoms with Crippen LogP contribution in [0.4, 0.5) is 0 Å². The van der Waals surface area contributed by atoms with Crippen LogP contribution in [0.2, 0.25) is 0 Å². The summed E-state index contributed by atoms with van der Waals surface area (Å²) < 4.78 is 0. The molecule has 0 spiro atoms. The molecule has 88 valence electrons. The molecule has 2 rings (SSSR count). The Hall–Kier alpha value is -0.0400. The molecule has 3 atom stereocenters. The van der Waals surface area contributed by atoms with Crippen molar-refractivity contribution in [2.75, 3.05) is 0 Å². The van der Waals surface area contributed by atoms with E-state index in [-0.39, 0.29) is 5.54 Å². The molecular formula is C14H27N. The van der Waals surface area contributed by atoms with Gasteiger partial charge in [-0.25, -0.2) is 0 Å². The topological polar surface area (TPSA) is 26.0 Å². The van der Waals surface area contributed by atoms with Gasteiger partial charge in [0.2, 0.25) is 0 Å². The highest BCUT2D eigenvalue weighted by atomic mass is 14.8. The van der Waals surface area contributed by atoms with Crippen LogP contribution in [0.25, 0.3) is 0 Å². The zero-order valence-electron chi connectivity index (χ0n) is 10.7. The summed E-state index contributed by atoms with van der Waals surface area (Å²) >= 11 is 0. The molecule has 0 aromatic carbocycles. The average Bonchev–Trinajstić information content (AvgIpc) is 2.42. The van der Waals surface area contributed by atoms with E-state index in [2.05, 4.69) is 20.8 Å². The van der Waals surface area contributed by atoms with Crippen molar-refractivity contribution in [1.82, 2.24) is 0 Å². The molecule has 1 heteroatoms. The second-order valence-electron chi connectivity index (χ2n) is 7.04. The van der Waals surface area contributed by atoms with Gasteiger partial charge in [0, 0.05) is 5.54 Å². The Labute approximate surface area is 94.8 Å². The fourth-order valence-corrected chi connectivity index (χ4v) is 3.94. The SMILES string of the molecule is CC1CCCC(C2(N)CCC(C)(C)C2)C1. The van der Waals surface area contributed by atoms with E-state index >= 15 is 0 Å². The highest BCUT2D eigenvalue weighted by Crippen LogP contribution is 2.49. The average molecular weight is 209 g/mol. The molecule has 2 aliphatic rings. The summed E-state index contributed by atoms with van der Waals surface area (Å²) in [5.41, 5.74) is 7.35. The molecule has 2 saturated carbocycles. The van der Waals surface area contributed by atoms with E-state index < -0.39 is 0 Å². The molecule has 2 fully saturated rings. The van der Waals surface area contributed by atoms with E-state index in [9.17, 15) is 0 Å². The number of rotatable bonds is 1. The normalized spacial score (nSPS) is 45.6. The van der Waals surface area contributed by atoms with Crippen LogP contribution in [-0.2, 0) is 0 Å². The van der Waals surface area contributed by atoms with E-state index in [1.54, 1.807) is 0 Å². The molecule has 0 amide bonds. The molecule has 0 radical (unpaired) electrons. The van der Waals surface area contributed by atoms with Gasteiger partial charge < -0.3 is 5.73 Å². The van der Waals surface area contributed by atoms with Gasteiger partial charge in [-0.05, 0) is 49.4 Å². The lowest BCUT2D eigenvalue weighted by atomic mass is 9.70. The van der Waals surface area contributed by atoms with Crippen LogP contribution in [-0.4, -0.2) is 5.54 Å². The summed E-state index contributed by atoms with van der Waals surface area (Å²) in [7, 11) is 0. The Morgan fingerprint density at radius 2 is 1.87 bits per heavy atom. The zero-order valence-corrected chi connectivity index (χ0v) is 10.7. The summed E-state index contributed by atoms with van der Waals surface area (Å²) in [6.07, 6.45) is 9.44. The predicted octanol–water partition coefficient (Wildman–Crippen LogP) is 3.72. The minimum absolute atomic E-state index is 0.179. The monoisotopic (exact) mass is 209 g/mol. The van der Waals surface area contributed by atoms with E-state index in [0.717, 1.165) is 11.8 Å². The first-order valence-corrected chi connectivity index (χ1v) is 6.70. The van der Waals surface area contributed by atoms with Gasteiger partial charge >= 0.3 is 0 Å². The predicted molar refractivity (Wildman–Crippen MR) is 65.7 cm³/mol. The quantitative estimate of drug-likeness (QED) is 0.700. The Balaban J connectivity index is 2.03. The lowest BCUT2D eigenvalue weighted by molar-refractivity contribution is 0.163. The highest BCUT2D eigenvalue weighted by molar-refractivity contribution is 5.02. The highest BCUT2D eigenvalue weighted by Gasteiger charge is 2.45. The molecule has 15 heavy (non-hydrogen) atoms. The molecule has 3 unspecified atom stereocenters. The molecule has 0 aromatic rings. The van der Waals surface area contributed by atoms with E-state index in [1.807, 2.05) is 0 Å². The van der Waals surface area contributed by atoms with Crippen LogP contribution in [0, 0.1) is 17.3 Å². The van der Waals surface area contributed by atoms with Crippen molar-refractivity contribution < 1.29 is 0 Å². The van der Waals surface area contributed by atoms with E-state index in [0.29, 0.717) is 5.41 Å². The number of hydrogen-bond acceptors (Lipinski definition) is 1. The third-order valence-corrected chi connectivity index (χ3v) is 4.82. The molecule has 0 aromatic heterocycles. The van der Waals surface area contributed by atoms with Crippen LogP contribution in [0.3, 0.4) is 0 Å². The van der Waals surface area contributed by atoms with Gasteiger partial charge in [-0.3, -0.25) is 0 Å². The molecular weight excluding hydrogens is 182 g/mol. The van der Waals surface area contributed by atoms with Gasteiger partial charge in [-0.1, -0.05) is 33.6 Å². The molecule has 2 aliphatic carbocycles. The molecule has 0 saturated heterocycles. The second-order valence-corrected chi connectivity index (χ2v) is 7.04. The molecule has 0 heterocycles. The van der Waals surface area contributed by atoms with Crippen molar-refractivity contribution in [3.63, 3.8) is 0 Å². The summed E-state index contributed by atoms with van der Waals surface area (Å²) in [6.45, 7) is 7.16. The third kappa shape index (κ3) is 2.38. The van der Waals surface area contributed by atoms with Crippen LogP contribution >= 0.6 is 0 Å². The van der Waals surface area contributed by atoms with Gasteiger partial charge in [0.1, 0.15) is 0 Å². The van der Waals surface area contributed by atoms with Gasteiger partial charge in [0.05, 0.1) is 0 Å². The minimum atomic E-state index is 0.179. The van der Waals surface area contributed by atoms with Crippen LogP contribution in [0.15, 0.2) is 0 Å². The van der Waals surface area contributed by atoms with Gasteiger partial charge in [-0.15, -0.1) is 0 Å².